The molecule has 9 heteroatoms. The van der Waals surface area contributed by atoms with Crippen LogP contribution >= 0.6 is 21.6 Å². The molecule has 3 N–H and O–H groups in total. The average Bonchev–Trinajstić information content (AvgIpc) is 2.80. The van der Waals surface area contributed by atoms with Crippen molar-refractivity contribution in [2.45, 2.75) is 33.1 Å². The van der Waals surface area contributed by atoms with Gasteiger partial charge in [0, 0.05) is 50.0 Å². The molecule has 0 fully saturated rings. The highest BCUT2D eigenvalue weighted by atomic mass is 33.1. The van der Waals surface area contributed by atoms with Crippen LogP contribution in [0.5, 0.6) is 0 Å². The fourth-order valence-corrected chi connectivity index (χ4v) is 4.68. The summed E-state index contributed by atoms with van der Waals surface area (Å²) in [5.74, 6) is 3.85. The van der Waals surface area contributed by atoms with Crippen molar-refractivity contribution < 1.29 is 14.3 Å². The molecule has 33 heavy (non-hydrogen) atoms. The van der Waals surface area contributed by atoms with Crippen LogP contribution < -0.4 is 16.0 Å². The molecule has 0 saturated heterocycles. The minimum absolute atomic E-state index is 0.0179. The molecule has 0 saturated carbocycles. The smallest absolute Gasteiger partial charge is 0.257 e. The molecule has 184 valence electrons. The van der Waals surface area contributed by atoms with Crippen LogP contribution in [0, 0.1) is 17.9 Å². The number of amides is 2. The third-order valence-electron chi connectivity index (χ3n) is 4.34. The molecule has 0 aromatic heterocycles. The first-order valence-corrected chi connectivity index (χ1v) is 13.7. The number of carbonyl (C=O) groups is 2. The third kappa shape index (κ3) is 12.9. The van der Waals surface area contributed by atoms with Gasteiger partial charge in [0.2, 0.25) is 0 Å². The van der Waals surface area contributed by atoms with E-state index in [0.29, 0.717) is 25.3 Å². The largest absolute Gasteiger partial charge is 0.370 e. The van der Waals surface area contributed by atoms with E-state index in [1.54, 1.807) is 26.5 Å². The second kappa shape index (κ2) is 17.7. The molecule has 1 aromatic rings. The van der Waals surface area contributed by atoms with E-state index in [0.717, 1.165) is 24.4 Å². The lowest BCUT2D eigenvalue weighted by atomic mass is 10.1. The summed E-state index contributed by atoms with van der Waals surface area (Å²) in [6, 6.07) is 10.4. The molecular weight excluding hydrogens is 456 g/mol. The van der Waals surface area contributed by atoms with E-state index in [4.69, 9.17) is 4.74 Å². The van der Waals surface area contributed by atoms with Crippen molar-refractivity contribution in [2.75, 3.05) is 52.2 Å². The number of carbonyl (C=O) groups excluding carboxylic acids is 2. The Morgan fingerprint density at radius 1 is 1.15 bits per heavy atom. The minimum atomic E-state index is -0.244. The Kier molecular flexibility index (Phi) is 15.8. The number of hydrogen-bond acceptors (Lipinski definition) is 7. The number of rotatable bonds is 15. The van der Waals surface area contributed by atoms with Gasteiger partial charge in [-0.05, 0) is 24.2 Å². The van der Waals surface area contributed by atoms with Crippen LogP contribution in [-0.2, 0) is 9.53 Å². The maximum atomic E-state index is 12.6. The van der Waals surface area contributed by atoms with Crippen LogP contribution in [0.1, 0.15) is 49.0 Å². The van der Waals surface area contributed by atoms with Gasteiger partial charge in [-0.25, -0.2) is 0 Å². The predicted octanol–water partition coefficient (Wildman–Crippen LogP) is 3.11. The molecular formula is C24H38N4O3S2. The lowest BCUT2D eigenvalue weighted by molar-refractivity contribution is -0.124. The lowest BCUT2D eigenvalue weighted by Crippen LogP contribution is -2.33. The van der Waals surface area contributed by atoms with Gasteiger partial charge < -0.3 is 15.0 Å². The Balaban J connectivity index is 2.53. The van der Waals surface area contributed by atoms with Gasteiger partial charge in [-0.3, -0.25) is 20.2 Å². The fraction of sp³-hybridized carbons (Fsp3) is 0.583. The Bertz CT molecular complexity index is 763. The zero-order valence-electron chi connectivity index (χ0n) is 20.4. The predicted molar refractivity (Wildman–Crippen MR) is 140 cm³/mol. The van der Waals surface area contributed by atoms with Crippen molar-refractivity contribution in [3.05, 3.63) is 35.4 Å². The van der Waals surface area contributed by atoms with E-state index in [1.807, 2.05) is 52.1 Å². The van der Waals surface area contributed by atoms with E-state index < -0.39 is 0 Å². The molecule has 7 nitrogen and oxygen atoms in total. The summed E-state index contributed by atoms with van der Waals surface area (Å²) >= 11 is 0. The van der Waals surface area contributed by atoms with E-state index in [1.165, 1.54) is 0 Å². The molecule has 0 bridgehead atoms. The number of nitrogens with one attached hydrogen (secondary N) is 3. The molecule has 0 spiro atoms. The van der Waals surface area contributed by atoms with Crippen LogP contribution in [0.4, 0.5) is 0 Å². The normalized spacial score (nSPS) is 11.6. The van der Waals surface area contributed by atoms with Gasteiger partial charge in [-0.15, -0.1) is 0 Å². The van der Waals surface area contributed by atoms with Crippen molar-refractivity contribution >= 4 is 33.4 Å². The number of benzene rings is 1. The molecule has 0 heterocycles. The monoisotopic (exact) mass is 494 g/mol. The summed E-state index contributed by atoms with van der Waals surface area (Å²) in [5.41, 5.74) is 1.77. The first-order chi connectivity index (χ1) is 15.9. The first-order valence-electron chi connectivity index (χ1n) is 11.3. The Morgan fingerprint density at radius 3 is 2.52 bits per heavy atom. The van der Waals surface area contributed by atoms with Gasteiger partial charge in [0.15, 0.2) is 0 Å². The van der Waals surface area contributed by atoms with Crippen molar-refractivity contribution in [2.24, 2.45) is 5.92 Å². The van der Waals surface area contributed by atoms with Crippen molar-refractivity contribution in [3.63, 3.8) is 0 Å². The molecule has 0 aliphatic rings. The van der Waals surface area contributed by atoms with Gasteiger partial charge in [-0.2, -0.15) is 0 Å². The highest BCUT2D eigenvalue weighted by Crippen LogP contribution is 2.35. The van der Waals surface area contributed by atoms with Gasteiger partial charge in [0.25, 0.3) is 11.8 Å². The van der Waals surface area contributed by atoms with E-state index in [2.05, 4.69) is 34.8 Å². The minimum Gasteiger partial charge on any atom is -0.370 e. The average molecular weight is 495 g/mol. The molecule has 0 radical (unpaired) electrons. The quantitative estimate of drug-likeness (QED) is 0.114. The van der Waals surface area contributed by atoms with Gasteiger partial charge >= 0.3 is 0 Å². The highest BCUT2D eigenvalue weighted by molar-refractivity contribution is 8.76. The zero-order chi connectivity index (χ0) is 24.5. The second-order valence-corrected chi connectivity index (χ2v) is 10.3. The van der Waals surface area contributed by atoms with Crippen LogP contribution in [0.2, 0.25) is 0 Å². The summed E-state index contributed by atoms with van der Waals surface area (Å²) in [4.78, 5) is 26.0. The molecule has 1 atom stereocenters. The van der Waals surface area contributed by atoms with Gasteiger partial charge in [0.1, 0.15) is 6.61 Å². The number of ether oxygens (including phenoxy) is 1. The van der Waals surface area contributed by atoms with Crippen molar-refractivity contribution in [1.82, 2.24) is 20.9 Å². The SMILES string of the molecule is CCNCCN(C)C(=O)c1ccc(C(NCCOCC(=O)NC#CC(C)C)SSCC)cc1. The maximum absolute atomic E-state index is 12.6. The molecule has 0 aliphatic heterocycles. The van der Waals surface area contributed by atoms with Crippen LogP contribution in [-0.4, -0.2) is 68.9 Å². The molecule has 0 aliphatic carbocycles. The van der Waals surface area contributed by atoms with Crippen LogP contribution in [0.3, 0.4) is 0 Å². The number of likely N-dealkylation sites (N-methyl/N-ethyl adjacent to an activating group) is 2. The fourth-order valence-electron chi connectivity index (χ4n) is 2.60. The summed E-state index contributed by atoms with van der Waals surface area (Å²) in [6.45, 7) is 11.4. The van der Waals surface area contributed by atoms with Crippen molar-refractivity contribution in [3.8, 4) is 12.0 Å². The zero-order valence-corrected chi connectivity index (χ0v) is 22.0. The van der Waals surface area contributed by atoms with Gasteiger partial charge in [0.05, 0.1) is 12.0 Å². The van der Waals surface area contributed by atoms with E-state index in [-0.39, 0.29) is 29.7 Å². The summed E-state index contributed by atoms with van der Waals surface area (Å²) in [7, 11) is 5.33. The Labute approximate surface area is 206 Å². The second-order valence-electron chi connectivity index (χ2n) is 7.56. The van der Waals surface area contributed by atoms with Gasteiger partial charge in [-0.1, -0.05) is 67.3 Å². The van der Waals surface area contributed by atoms with Crippen LogP contribution in [0.25, 0.3) is 0 Å². The molecule has 1 unspecified atom stereocenters. The van der Waals surface area contributed by atoms with Crippen LogP contribution in [0.15, 0.2) is 24.3 Å². The van der Waals surface area contributed by atoms with E-state index in [9.17, 15) is 9.59 Å². The topological polar surface area (TPSA) is 82.7 Å². The molecule has 2 amide bonds. The Hall–Kier alpha value is -1.70. The number of hydrogen-bond donors (Lipinski definition) is 3. The van der Waals surface area contributed by atoms with Crippen molar-refractivity contribution in [1.29, 1.82) is 0 Å². The summed E-state index contributed by atoms with van der Waals surface area (Å²) < 4.78 is 5.45. The standard InChI is InChI=1S/C24H38N4O3S2/c1-6-25-14-16-28(5)24(30)21-10-8-20(9-11-21)23(33-32-7-2)27-15-17-31-18-22(29)26-13-12-19(3)4/h8-11,19,23,25,27H,6-7,14-18H2,1-5H3,(H,26,29). The third-order valence-corrected chi connectivity index (χ3v) is 7.03. The highest BCUT2D eigenvalue weighted by Gasteiger charge is 2.15. The number of nitrogens with zero attached hydrogens (tertiary/aromatic N) is 1. The maximum Gasteiger partial charge on any atom is 0.257 e. The lowest BCUT2D eigenvalue weighted by Gasteiger charge is -2.20. The summed E-state index contributed by atoms with van der Waals surface area (Å²) in [6.07, 6.45) is 0. The van der Waals surface area contributed by atoms with E-state index >= 15 is 0 Å². The Morgan fingerprint density at radius 2 is 1.88 bits per heavy atom. The summed E-state index contributed by atoms with van der Waals surface area (Å²) in [5, 5.41) is 9.27. The molecule has 1 aromatic carbocycles. The molecule has 1 rings (SSSR count). The first kappa shape index (κ1) is 29.3.